The van der Waals surface area contributed by atoms with Gasteiger partial charge in [-0.2, -0.15) is 0 Å². The number of aromatic hydroxyl groups is 1. The second-order valence-corrected chi connectivity index (χ2v) is 8.25. The first kappa shape index (κ1) is 20.9. The van der Waals surface area contributed by atoms with Gasteiger partial charge in [-0.15, -0.1) is 0 Å². The van der Waals surface area contributed by atoms with Gasteiger partial charge in [0.05, 0.1) is 30.1 Å². The number of hydrogen-bond acceptors (Lipinski definition) is 8. The maximum atomic E-state index is 13.5. The first-order valence-electron chi connectivity index (χ1n) is 10.9. The number of carbonyl (C=O) groups is 1. The highest BCUT2D eigenvalue weighted by atomic mass is 16.5. The van der Waals surface area contributed by atoms with E-state index < -0.39 is 17.3 Å². The minimum Gasteiger partial charge on any atom is -0.507 e. The van der Waals surface area contributed by atoms with Crippen molar-refractivity contribution in [2.45, 2.75) is 12.3 Å². The van der Waals surface area contributed by atoms with E-state index in [1.54, 1.807) is 43.8 Å². The molecule has 2 aromatic heterocycles. The fourth-order valence-electron chi connectivity index (χ4n) is 4.58. The summed E-state index contributed by atoms with van der Waals surface area (Å²) < 4.78 is 16.6. The standard InChI is InChI=1S/C27H18N2O6/c1-33-16-5-2-14(3-6-16)18-13-34-27-24-17(15-4-7-19-20(10-15)29-9-8-28-19)11-23(31)35-22(24)12-21(30)25(27)26(18)32/h2-10,12-13,17,30H,11H2,1H3/t17-/m1/s1. The van der Waals surface area contributed by atoms with Crippen molar-refractivity contribution in [1.29, 1.82) is 0 Å². The quantitative estimate of drug-likeness (QED) is 0.304. The van der Waals surface area contributed by atoms with E-state index >= 15 is 0 Å². The Bertz CT molecular complexity index is 1690. The van der Waals surface area contributed by atoms with Gasteiger partial charge in [0.25, 0.3) is 0 Å². The summed E-state index contributed by atoms with van der Waals surface area (Å²) in [6.45, 7) is 0. The number of carbonyl (C=O) groups excluding carboxylic acids is 1. The highest BCUT2D eigenvalue weighted by Crippen LogP contribution is 2.45. The molecule has 0 unspecified atom stereocenters. The first-order chi connectivity index (χ1) is 17.0. The third-order valence-electron chi connectivity index (χ3n) is 6.27. The van der Waals surface area contributed by atoms with Crippen molar-refractivity contribution >= 4 is 28.0 Å². The fraction of sp³-hybridized carbons (Fsp3) is 0.111. The first-order valence-corrected chi connectivity index (χ1v) is 10.9. The molecule has 0 amide bonds. The van der Waals surface area contributed by atoms with Gasteiger partial charge in [0.15, 0.2) is 0 Å². The molecule has 0 spiro atoms. The lowest BCUT2D eigenvalue weighted by atomic mass is 9.84. The third kappa shape index (κ3) is 3.38. The number of hydrogen-bond donors (Lipinski definition) is 1. The van der Waals surface area contributed by atoms with E-state index in [1.807, 2.05) is 18.2 Å². The molecule has 3 aromatic carbocycles. The molecule has 1 N–H and O–H groups in total. The molecule has 0 aliphatic carbocycles. The smallest absolute Gasteiger partial charge is 0.312 e. The normalized spacial score (nSPS) is 15.1. The summed E-state index contributed by atoms with van der Waals surface area (Å²) in [5.74, 6) is -0.412. The summed E-state index contributed by atoms with van der Waals surface area (Å²) in [6, 6.07) is 13.8. The van der Waals surface area contributed by atoms with Crippen LogP contribution in [0.3, 0.4) is 0 Å². The summed E-state index contributed by atoms with van der Waals surface area (Å²) >= 11 is 0. The van der Waals surface area contributed by atoms with Crippen molar-refractivity contribution in [2.75, 3.05) is 7.11 Å². The SMILES string of the molecule is COc1ccc(-c2coc3c4c(cc(O)c3c2=O)OC(=O)C[C@@H]4c2ccc3nccnc3c2)cc1. The van der Waals surface area contributed by atoms with Crippen LogP contribution in [0.15, 0.2) is 76.4 Å². The van der Waals surface area contributed by atoms with Gasteiger partial charge >= 0.3 is 5.97 Å². The van der Waals surface area contributed by atoms with Crippen LogP contribution in [0.4, 0.5) is 0 Å². The minimum absolute atomic E-state index is 0.0283. The van der Waals surface area contributed by atoms with Crippen molar-refractivity contribution in [1.82, 2.24) is 9.97 Å². The van der Waals surface area contributed by atoms with E-state index in [4.69, 9.17) is 13.9 Å². The fourth-order valence-corrected chi connectivity index (χ4v) is 4.58. The Labute approximate surface area is 198 Å². The van der Waals surface area contributed by atoms with Crippen LogP contribution >= 0.6 is 0 Å². The number of phenols is 1. The van der Waals surface area contributed by atoms with Crippen LogP contribution < -0.4 is 14.9 Å². The molecule has 35 heavy (non-hydrogen) atoms. The average molecular weight is 466 g/mol. The monoisotopic (exact) mass is 466 g/mol. The highest BCUT2D eigenvalue weighted by Gasteiger charge is 2.33. The highest BCUT2D eigenvalue weighted by molar-refractivity contribution is 5.94. The number of fused-ring (bicyclic) bond motifs is 4. The molecule has 0 saturated carbocycles. The Hall–Kier alpha value is -4.72. The molecule has 6 rings (SSSR count). The van der Waals surface area contributed by atoms with Crippen molar-refractivity contribution < 1.29 is 23.8 Å². The molecule has 172 valence electrons. The minimum atomic E-state index is -0.462. The number of phenolic OH excluding ortho intramolecular Hbond substituents is 1. The van der Waals surface area contributed by atoms with Crippen LogP contribution in [0.5, 0.6) is 17.2 Å². The van der Waals surface area contributed by atoms with E-state index in [1.165, 1.54) is 12.3 Å². The van der Waals surface area contributed by atoms with E-state index in [0.29, 0.717) is 28.0 Å². The van der Waals surface area contributed by atoms with Crippen LogP contribution in [-0.4, -0.2) is 28.2 Å². The van der Waals surface area contributed by atoms with Gasteiger partial charge in [-0.1, -0.05) is 18.2 Å². The predicted octanol–water partition coefficient (Wildman–Crippen LogP) is 4.56. The van der Waals surface area contributed by atoms with Crippen molar-refractivity contribution in [3.8, 4) is 28.4 Å². The van der Waals surface area contributed by atoms with Gasteiger partial charge in [0.1, 0.15) is 34.5 Å². The Morgan fingerprint density at radius 1 is 1.00 bits per heavy atom. The molecule has 0 radical (unpaired) electrons. The van der Waals surface area contributed by atoms with Gasteiger partial charge < -0.3 is 19.0 Å². The average Bonchev–Trinajstić information content (AvgIpc) is 2.88. The maximum Gasteiger partial charge on any atom is 0.312 e. The number of methoxy groups -OCH3 is 1. The molecule has 1 aliphatic rings. The van der Waals surface area contributed by atoms with Crippen molar-refractivity contribution in [2.24, 2.45) is 0 Å². The number of rotatable bonds is 3. The van der Waals surface area contributed by atoms with Gasteiger partial charge in [0.2, 0.25) is 5.43 Å². The summed E-state index contributed by atoms with van der Waals surface area (Å²) in [4.78, 5) is 34.6. The molecule has 0 bridgehead atoms. The molecule has 1 aliphatic heterocycles. The molecule has 1 atom stereocenters. The van der Waals surface area contributed by atoms with Gasteiger partial charge in [-0.05, 0) is 35.4 Å². The molecule has 0 fully saturated rings. The molecule has 8 heteroatoms. The summed E-state index contributed by atoms with van der Waals surface area (Å²) in [6.07, 6.45) is 4.62. The van der Waals surface area contributed by atoms with Crippen LogP contribution in [0.1, 0.15) is 23.5 Å². The number of benzene rings is 3. The predicted molar refractivity (Wildman–Crippen MR) is 128 cm³/mol. The van der Waals surface area contributed by atoms with E-state index in [9.17, 15) is 14.7 Å². The van der Waals surface area contributed by atoms with Crippen molar-refractivity contribution in [3.05, 3.63) is 88.5 Å². The Morgan fingerprint density at radius 3 is 2.54 bits per heavy atom. The van der Waals surface area contributed by atoms with E-state index in [-0.39, 0.29) is 28.9 Å². The van der Waals surface area contributed by atoms with Crippen LogP contribution in [0.25, 0.3) is 33.1 Å². The second kappa shape index (κ2) is 7.95. The summed E-state index contributed by atoms with van der Waals surface area (Å²) in [5.41, 5.74) is 3.42. The third-order valence-corrected chi connectivity index (χ3v) is 6.27. The lowest BCUT2D eigenvalue weighted by molar-refractivity contribution is -0.135. The lowest BCUT2D eigenvalue weighted by Crippen LogP contribution is -2.22. The number of aromatic nitrogens is 2. The van der Waals surface area contributed by atoms with Crippen LogP contribution in [0, 0.1) is 0 Å². The second-order valence-electron chi connectivity index (χ2n) is 8.25. The number of ether oxygens (including phenoxy) is 2. The Kier molecular flexibility index (Phi) is 4.74. The zero-order valence-electron chi connectivity index (χ0n) is 18.5. The van der Waals surface area contributed by atoms with Crippen LogP contribution in [-0.2, 0) is 4.79 Å². The maximum absolute atomic E-state index is 13.5. The number of esters is 1. The Morgan fingerprint density at radius 2 is 1.77 bits per heavy atom. The molecule has 5 aromatic rings. The summed E-state index contributed by atoms with van der Waals surface area (Å²) in [7, 11) is 1.56. The van der Waals surface area contributed by atoms with Gasteiger partial charge in [0, 0.05) is 29.9 Å². The lowest BCUT2D eigenvalue weighted by Gasteiger charge is -2.26. The van der Waals surface area contributed by atoms with Gasteiger partial charge in [-0.25, -0.2) is 0 Å². The topological polar surface area (TPSA) is 112 Å². The largest absolute Gasteiger partial charge is 0.507 e. The van der Waals surface area contributed by atoms with E-state index in [0.717, 1.165) is 11.1 Å². The van der Waals surface area contributed by atoms with Crippen molar-refractivity contribution in [3.63, 3.8) is 0 Å². The number of nitrogens with zero attached hydrogens (tertiary/aromatic N) is 2. The molecule has 0 saturated heterocycles. The molecule has 8 nitrogen and oxygen atoms in total. The molecular formula is C27H18N2O6. The van der Waals surface area contributed by atoms with E-state index in [2.05, 4.69) is 9.97 Å². The zero-order chi connectivity index (χ0) is 24.1. The van der Waals surface area contributed by atoms with Gasteiger partial charge in [-0.3, -0.25) is 19.6 Å². The zero-order valence-corrected chi connectivity index (χ0v) is 18.5. The Balaban J connectivity index is 1.57. The summed E-state index contributed by atoms with van der Waals surface area (Å²) in [5, 5.41) is 10.8. The van der Waals surface area contributed by atoms with Crippen LogP contribution in [0.2, 0.25) is 0 Å². The molecule has 3 heterocycles. The molecular weight excluding hydrogens is 448 g/mol.